The van der Waals surface area contributed by atoms with Crippen molar-refractivity contribution in [2.45, 2.75) is 31.6 Å². The van der Waals surface area contributed by atoms with E-state index < -0.39 is 15.5 Å². The fourth-order valence-electron chi connectivity index (χ4n) is 1.46. The molecule has 1 fully saturated rings. The Morgan fingerprint density at radius 1 is 1.25 bits per heavy atom. The first-order valence-corrected chi connectivity index (χ1v) is 5.68. The van der Waals surface area contributed by atoms with Gasteiger partial charge < -0.3 is 4.55 Å². The van der Waals surface area contributed by atoms with Gasteiger partial charge in [-0.15, -0.1) is 0 Å². The highest BCUT2D eigenvalue weighted by Crippen LogP contribution is 2.14. The summed E-state index contributed by atoms with van der Waals surface area (Å²) >= 11 is 0. The minimum absolute atomic E-state index is 0.739. The molecule has 5 heteroatoms. The van der Waals surface area contributed by atoms with Gasteiger partial charge in [-0.25, -0.2) is 8.42 Å². The first-order valence-electron chi connectivity index (χ1n) is 4.20. The summed E-state index contributed by atoms with van der Waals surface area (Å²) in [7, 11) is -4.13. The third-order valence-electron chi connectivity index (χ3n) is 2.32. The quantitative estimate of drug-likeness (QED) is 0.593. The van der Waals surface area contributed by atoms with Crippen molar-refractivity contribution in [3.63, 3.8) is 0 Å². The zero-order chi connectivity index (χ0) is 9.19. The second-order valence-corrected chi connectivity index (χ2v) is 4.86. The van der Waals surface area contributed by atoms with Crippen LogP contribution in [0.5, 0.6) is 0 Å². The molecule has 1 atom stereocenters. The highest BCUT2D eigenvalue weighted by molar-refractivity contribution is 7.86. The Morgan fingerprint density at radius 2 is 1.75 bits per heavy atom. The molecule has 0 bridgehead atoms. The minimum atomic E-state index is -4.13. The predicted octanol–water partition coefficient (Wildman–Crippen LogP) is 0.364. The maximum atomic E-state index is 10.6. The van der Waals surface area contributed by atoms with Gasteiger partial charge in [0.2, 0.25) is 0 Å². The van der Waals surface area contributed by atoms with Gasteiger partial charge in [-0.05, 0) is 32.9 Å². The molecule has 0 spiro atoms. The standard InChI is InChI=1S/C7H15NO3S/c1-7(12(9,10)11)8-5-3-2-4-6-8/h7H,2-6H2,1H3,(H,9,10,11)/p-1. The Bertz CT molecular complexity index is 231. The van der Waals surface area contributed by atoms with E-state index in [-0.39, 0.29) is 0 Å². The number of hydrogen-bond acceptors (Lipinski definition) is 4. The molecule has 1 unspecified atom stereocenters. The van der Waals surface area contributed by atoms with Gasteiger partial charge in [-0.3, -0.25) is 4.90 Å². The fraction of sp³-hybridized carbons (Fsp3) is 1.00. The van der Waals surface area contributed by atoms with Crippen LogP contribution in [0.15, 0.2) is 0 Å². The highest BCUT2D eigenvalue weighted by Gasteiger charge is 2.20. The molecule has 1 aliphatic heterocycles. The molecular formula is C7H14NO3S-. The van der Waals surface area contributed by atoms with Crippen LogP contribution in [0, 0.1) is 0 Å². The lowest BCUT2D eigenvalue weighted by molar-refractivity contribution is 0.207. The molecule has 1 saturated heterocycles. The fourth-order valence-corrected chi connectivity index (χ4v) is 2.04. The van der Waals surface area contributed by atoms with Crippen LogP contribution in [-0.2, 0) is 10.1 Å². The summed E-state index contributed by atoms with van der Waals surface area (Å²) in [5, 5.41) is -0.849. The van der Waals surface area contributed by atoms with Crippen LogP contribution in [0.2, 0.25) is 0 Å². The molecule has 0 N–H and O–H groups in total. The lowest BCUT2D eigenvalue weighted by atomic mass is 10.1. The monoisotopic (exact) mass is 192 g/mol. The third kappa shape index (κ3) is 2.43. The number of nitrogens with zero attached hydrogens (tertiary/aromatic N) is 1. The highest BCUT2D eigenvalue weighted by atomic mass is 32.2. The number of rotatable bonds is 2. The molecule has 12 heavy (non-hydrogen) atoms. The predicted molar refractivity (Wildman–Crippen MR) is 44.6 cm³/mol. The molecule has 72 valence electrons. The Kier molecular flexibility index (Phi) is 3.09. The summed E-state index contributed by atoms with van der Waals surface area (Å²) in [5.74, 6) is 0. The maximum absolute atomic E-state index is 10.6. The second kappa shape index (κ2) is 3.72. The Morgan fingerprint density at radius 3 is 2.17 bits per heavy atom. The summed E-state index contributed by atoms with van der Waals surface area (Å²) in [6.07, 6.45) is 3.14. The van der Waals surface area contributed by atoms with Crippen LogP contribution < -0.4 is 0 Å². The van der Waals surface area contributed by atoms with Gasteiger partial charge in [0.15, 0.2) is 0 Å². The largest absolute Gasteiger partial charge is 0.747 e. The van der Waals surface area contributed by atoms with Crippen LogP contribution in [-0.4, -0.2) is 36.3 Å². The van der Waals surface area contributed by atoms with Crippen molar-refractivity contribution in [2.75, 3.05) is 13.1 Å². The van der Waals surface area contributed by atoms with Gasteiger partial charge in [0.25, 0.3) is 0 Å². The maximum Gasteiger partial charge on any atom is 0.111 e. The van der Waals surface area contributed by atoms with E-state index in [1.54, 1.807) is 4.90 Å². The van der Waals surface area contributed by atoms with Crippen LogP contribution in [0.1, 0.15) is 26.2 Å². The van der Waals surface area contributed by atoms with E-state index in [9.17, 15) is 13.0 Å². The van der Waals surface area contributed by atoms with Crippen LogP contribution >= 0.6 is 0 Å². The number of hydrogen-bond donors (Lipinski definition) is 0. The van der Waals surface area contributed by atoms with Crippen molar-refractivity contribution in [1.82, 2.24) is 4.90 Å². The third-order valence-corrected chi connectivity index (χ3v) is 3.46. The van der Waals surface area contributed by atoms with E-state index in [0.29, 0.717) is 0 Å². The lowest BCUT2D eigenvalue weighted by Gasteiger charge is -2.33. The van der Waals surface area contributed by atoms with E-state index in [0.717, 1.165) is 32.4 Å². The molecule has 1 heterocycles. The smallest absolute Gasteiger partial charge is 0.111 e. The van der Waals surface area contributed by atoms with Crippen molar-refractivity contribution >= 4 is 10.1 Å². The average Bonchev–Trinajstić information content (AvgIpc) is 2.03. The van der Waals surface area contributed by atoms with Crippen molar-refractivity contribution in [2.24, 2.45) is 0 Å². The minimum Gasteiger partial charge on any atom is -0.747 e. The molecule has 0 aromatic rings. The van der Waals surface area contributed by atoms with Crippen LogP contribution in [0.25, 0.3) is 0 Å². The van der Waals surface area contributed by atoms with Gasteiger partial charge in [0, 0.05) is 0 Å². The topological polar surface area (TPSA) is 60.4 Å². The normalized spacial score (nSPS) is 23.8. The molecule has 0 amide bonds. The molecule has 0 aliphatic carbocycles. The average molecular weight is 192 g/mol. The molecule has 0 radical (unpaired) electrons. The Labute approximate surface area is 73.3 Å². The first kappa shape index (κ1) is 9.95. The lowest BCUT2D eigenvalue weighted by Crippen LogP contribution is -2.41. The summed E-state index contributed by atoms with van der Waals surface area (Å²) in [5.41, 5.74) is 0. The van der Waals surface area contributed by atoms with E-state index in [1.807, 2.05) is 0 Å². The summed E-state index contributed by atoms with van der Waals surface area (Å²) in [6.45, 7) is 2.94. The molecular weight excluding hydrogens is 178 g/mol. The molecule has 4 nitrogen and oxygen atoms in total. The van der Waals surface area contributed by atoms with Crippen LogP contribution in [0.4, 0.5) is 0 Å². The number of piperidine rings is 1. The van der Waals surface area contributed by atoms with Gasteiger partial charge in [0.05, 0.1) is 5.37 Å². The van der Waals surface area contributed by atoms with E-state index >= 15 is 0 Å². The number of likely N-dealkylation sites (tertiary alicyclic amines) is 1. The van der Waals surface area contributed by atoms with Crippen molar-refractivity contribution in [3.8, 4) is 0 Å². The van der Waals surface area contributed by atoms with Gasteiger partial charge >= 0.3 is 0 Å². The zero-order valence-electron chi connectivity index (χ0n) is 7.19. The van der Waals surface area contributed by atoms with E-state index in [2.05, 4.69) is 0 Å². The van der Waals surface area contributed by atoms with Crippen molar-refractivity contribution in [3.05, 3.63) is 0 Å². The van der Waals surface area contributed by atoms with Crippen LogP contribution in [0.3, 0.4) is 0 Å². The molecule has 0 aromatic carbocycles. The molecule has 1 aliphatic rings. The van der Waals surface area contributed by atoms with Crippen molar-refractivity contribution < 1.29 is 13.0 Å². The van der Waals surface area contributed by atoms with E-state index in [1.165, 1.54) is 6.92 Å². The Hall–Kier alpha value is -0.130. The second-order valence-electron chi connectivity index (χ2n) is 3.19. The van der Waals surface area contributed by atoms with Gasteiger partial charge in [0.1, 0.15) is 10.1 Å². The molecule has 1 rings (SSSR count). The Balaban J connectivity index is 2.57. The summed E-state index contributed by atoms with van der Waals surface area (Å²) in [4.78, 5) is 1.74. The SMILES string of the molecule is CC(N1CCCCC1)S(=O)(=O)[O-]. The summed E-state index contributed by atoms with van der Waals surface area (Å²) < 4.78 is 31.9. The zero-order valence-corrected chi connectivity index (χ0v) is 8.01. The van der Waals surface area contributed by atoms with Crippen molar-refractivity contribution in [1.29, 1.82) is 0 Å². The van der Waals surface area contributed by atoms with Gasteiger partial charge in [-0.2, -0.15) is 0 Å². The molecule has 0 aromatic heterocycles. The van der Waals surface area contributed by atoms with E-state index in [4.69, 9.17) is 0 Å². The summed E-state index contributed by atoms with van der Waals surface area (Å²) in [6, 6.07) is 0. The molecule has 0 saturated carbocycles. The first-order chi connectivity index (χ1) is 5.52. The van der Waals surface area contributed by atoms with Gasteiger partial charge in [-0.1, -0.05) is 6.42 Å².